The number of Topliss-reactive ketones (excluding diaryl/α,β-unsaturated/α-hetero) is 1. The molecule has 2 N–H and O–H groups in total. The maximum atomic E-state index is 11.2. The second-order valence-electron chi connectivity index (χ2n) is 3.87. The Hall–Kier alpha value is -1.80. The highest BCUT2D eigenvalue weighted by molar-refractivity contribution is 6.30. The van der Waals surface area contributed by atoms with Crippen molar-refractivity contribution >= 4 is 23.1 Å². The van der Waals surface area contributed by atoms with Crippen molar-refractivity contribution in [2.24, 2.45) is 0 Å². The van der Waals surface area contributed by atoms with Crippen LogP contribution in [0.25, 0.3) is 11.1 Å². The standard InChI is InChI=1S/C14H12ClNO/c1-9(17)11-4-7-13(14(16)8-11)10-2-5-12(15)6-3-10/h2-8H,16H2,1H3. The number of halogens is 1. The summed E-state index contributed by atoms with van der Waals surface area (Å²) in [4.78, 5) is 11.2. The molecule has 2 nitrogen and oxygen atoms in total. The van der Waals surface area contributed by atoms with Crippen LogP contribution < -0.4 is 5.73 Å². The highest BCUT2D eigenvalue weighted by Crippen LogP contribution is 2.27. The first-order chi connectivity index (χ1) is 8.08. The van der Waals surface area contributed by atoms with Crippen LogP contribution in [0.1, 0.15) is 17.3 Å². The lowest BCUT2D eigenvalue weighted by Gasteiger charge is -2.07. The molecule has 2 aromatic carbocycles. The van der Waals surface area contributed by atoms with E-state index in [4.69, 9.17) is 17.3 Å². The van der Waals surface area contributed by atoms with E-state index in [9.17, 15) is 4.79 Å². The van der Waals surface area contributed by atoms with Crippen LogP contribution in [0.2, 0.25) is 5.02 Å². The molecular formula is C14H12ClNO. The average Bonchev–Trinajstić information content (AvgIpc) is 2.30. The highest BCUT2D eigenvalue weighted by atomic mass is 35.5. The smallest absolute Gasteiger partial charge is 0.159 e. The maximum absolute atomic E-state index is 11.2. The topological polar surface area (TPSA) is 43.1 Å². The molecule has 0 aliphatic rings. The molecular weight excluding hydrogens is 234 g/mol. The third-order valence-electron chi connectivity index (χ3n) is 2.61. The fourth-order valence-electron chi connectivity index (χ4n) is 1.67. The first-order valence-electron chi connectivity index (χ1n) is 5.24. The van der Waals surface area contributed by atoms with Crippen LogP contribution in [-0.2, 0) is 0 Å². The molecule has 0 radical (unpaired) electrons. The van der Waals surface area contributed by atoms with Gasteiger partial charge in [0.25, 0.3) is 0 Å². The van der Waals surface area contributed by atoms with Gasteiger partial charge in [-0.05, 0) is 30.7 Å². The number of nitrogen functional groups attached to an aromatic ring is 1. The summed E-state index contributed by atoms with van der Waals surface area (Å²) in [7, 11) is 0. The zero-order chi connectivity index (χ0) is 12.4. The lowest BCUT2D eigenvalue weighted by molar-refractivity contribution is 0.101. The van der Waals surface area contributed by atoms with E-state index in [1.54, 1.807) is 12.1 Å². The summed E-state index contributed by atoms with van der Waals surface area (Å²) in [6, 6.07) is 12.8. The van der Waals surface area contributed by atoms with Gasteiger partial charge in [-0.3, -0.25) is 4.79 Å². The van der Waals surface area contributed by atoms with Gasteiger partial charge in [0, 0.05) is 21.8 Å². The number of carbonyl (C=O) groups is 1. The first kappa shape index (κ1) is 11.7. The third kappa shape index (κ3) is 2.48. The number of rotatable bonds is 2. The Bertz CT molecular complexity index is 561. The first-order valence-corrected chi connectivity index (χ1v) is 5.62. The number of anilines is 1. The van der Waals surface area contributed by atoms with Crippen LogP contribution in [0, 0.1) is 0 Å². The Labute approximate surface area is 105 Å². The fourth-order valence-corrected chi connectivity index (χ4v) is 1.80. The molecule has 2 rings (SSSR count). The number of nitrogens with two attached hydrogens (primary N) is 1. The lowest BCUT2D eigenvalue weighted by atomic mass is 10.0. The van der Waals surface area contributed by atoms with Gasteiger partial charge in [-0.25, -0.2) is 0 Å². The third-order valence-corrected chi connectivity index (χ3v) is 2.87. The molecule has 0 unspecified atom stereocenters. The second-order valence-corrected chi connectivity index (χ2v) is 4.30. The van der Waals surface area contributed by atoms with Gasteiger partial charge < -0.3 is 5.73 Å². The van der Waals surface area contributed by atoms with E-state index in [-0.39, 0.29) is 5.78 Å². The zero-order valence-corrected chi connectivity index (χ0v) is 10.2. The van der Waals surface area contributed by atoms with Gasteiger partial charge in [0.15, 0.2) is 5.78 Å². The number of carbonyl (C=O) groups excluding carboxylic acids is 1. The van der Waals surface area contributed by atoms with Crippen LogP contribution >= 0.6 is 11.6 Å². The molecule has 0 bridgehead atoms. The highest BCUT2D eigenvalue weighted by Gasteiger charge is 2.06. The maximum Gasteiger partial charge on any atom is 0.159 e. The predicted octanol–water partition coefficient (Wildman–Crippen LogP) is 3.79. The van der Waals surface area contributed by atoms with Crippen molar-refractivity contribution in [2.45, 2.75) is 6.92 Å². The monoisotopic (exact) mass is 245 g/mol. The van der Waals surface area contributed by atoms with E-state index in [2.05, 4.69) is 0 Å². The largest absolute Gasteiger partial charge is 0.398 e. The van der Waals surface area contributed by atoms with E-state index in [0.717, 1.165) is 11.1 Å². The Morgan fingerprint density at radius 1 is 1.12 bits per heavy atom. The SMILES string of the molecule is CC(=O)c1ccc(-c2ccc(Cl)cc2)c(N)c1. The van der Waals surface area contributed by atoms with Crippen molar-refractivity contribution < 1.29 is 4.79 Å². The summed E-state index contributed by atoms with van der Waals surface area (Å²) in [6.07, 6.45) is 0. The van der Waals surface area contributed by atoms with E-state index in [0.29, 0.717) is 16.3 Å². The number of hydrogen-bond donors (Lipinski definition) is 1. The van der Waals surface area contributed by atoms with Gasteiger partial charge in [-0.2, -0.15) is 0 Å². The Balaban J connectivity index is 2.46. The van der Waals surface area contributed by atoms with Crippen molar-refractivity contribution in [1.29, 1.82) is 0 Å². The molecule has 0 atom stereocenters. The molecule has 0 amide bonds. The fraction of sp³-hybridized carbons (Fsp3) is 0.0714. The molecule has 0 fully saturated rings. The number of benzene rings is 2. The van der Waals surface area contributed by atoms with Gasteiger partial charge in [0.2, 0.25) is 0 Å². The van der Waals surface area contributed by atoms with Crippen LogP contribution in [-0.4, -0.2) is 5.78 Å². The molecule has 0 aromatic heterocycles. The van der Waals surface area contributed by atoms with Crippen LogP contribution in [0.4, 0.5) is 5.69 Å². The number of ketones is 1. The molecule has 0 aliphatic carbocycles. The van der Waals surface area contributed by atoms with Gasteiger partial charge >= 0.3 is 0 Å². The summed E-state index contributed by atoms with van der Waals surface area (Å²) < 4.78 is 0. The molecule has 0 spiro atoms. The second kappa shape index (κ2) is 4.60. The van der Waals surface area contributed by atoms with Gasteiger partial charge in [-0.15, -0.1) is 0 Å². The van der Waals surface area contributed by atoms with E-state index < -0.39 is 0 Å². The molecule has 0 saturated carbocycles. The van der Waals surface area contributed by atoms with Crippen molar-refractivity contribution in [3.63, 3.8) is 0 Å². The van der Waals surface area contributed by atoms with E-state index in [1.165, 1.54) is 6.92 Å². The van der Waals surface area contributed by atoms with Crippen molar-refractivity contribution in [1.82, 2.24) is 0 Å². The normalized spacial score (nSPS) is 10.2. The van der Waals surface area contributed by atoms with Gasteiger partial charge in [0.05, 0.1) is 0 Å². The van der Waals surface area contributed by atoms with Crippen LogP contribution in [0.3, 0.4) is 0 Å². The van der Waals surface area contributed by atoms with Gasteiger partial charge in [0.1, 0.15) is 0 Å². The average molecular weight is 246 g/mol. The minimum atomic E-state index is 0.0133. The minimum Gasteiger partial charge on any atom is -0.398 e. The van der Waals surface area contributed by atoms with E-state index >= 15 is 0 Å². The molecule has 17 heavy (non-hydrogen) atoms. The molecule has 3 heteroatoms. The summed E-state index contributed by atoms with van der Waals surface area (Å²) >= 11 is 5.83. The van der Waals surface area contributed by atoms with Crippen molar-refractivity contribution in [3.05, 3.63) is 53.1 Å². The molecule has 0 saturated heterocycles. The Morgan fingerprint density at radius 2 is 1.76 bits per heavy atom. The number of hydrogen-bond acceptors (Lipinski definition) is 2. The quantitative estimate of drug-likeness (QED) is 0.646. The summed E-state index contributed by atoms with van der Waals surface area (Å²) in [5.74, 6) is 0.0133. The lowest BCUT2D eigenvalue weighted by Crippen LogP contribution is -1.96. The summed E-state index contributed by atoms with van der Waals surface area (Å²) in [5, 5.41) is 0.688. The predicted molar refractivity (Wildman–Crippen MR) is 71.3 cm³/mol. The summed E-state index contributed by atoms with van der Waals surface area (Å²) in [5.41, 5.74) is 9.06. The summed E-state index contributed by atoms with van der Waals surface area (Å²) in [6.45, 7) is 1.52. The zero-order valence-electron chi connectivity index (χ0n) is 9.41. The molecule has 0 aliphatic heterocycles. The molecule has 2 aromatic rings. The molecule has 0 heterocycles. The van der Waals surface area contributed by atoms with Crippen molar-refractivity contribution in [3.8, 4) is 11.1 Å². The van der Waals surface area contributed by atoms with Crippen LogP contribution in [0.15, 0.2) is 42.5 Å². The van der Waals surface area contributed by atoms with Crippen molar-refractivity contribution in [2.75, 3.05) is 5.73 Å². The van der Waals surface area contributed by atoms with Crippen LogP contribution in [0.5, 0.6) is 0 Å². The van der Waals surface area contributed by atoms with E-state index in [1.807, 2.05) is 30.3 Å². The Kier molecular flexibility index (Phi) is 3.16. The van der Waals surface area contributed by atoms with Gasteiger partial charge in [-0.1, -0.05) is 35.9 Å². The minimum absolute atomic E-state index is 0.0133. The molecule has 86 valence electrons. The Morgan fingerprint density at radius 3 is 2.29 bits per heavy atom.